The molecule has 94 valence electrons. The number of aliphatic hydroxyl groups is 1. The Morgan fingerprint density at radius 1 is 1.39 bits per heavy atom. The molecule has 0 saturated heterocycles. The van der Waals surface area contributed by atoms with Gasteiger partial charge in [-0.2, -0.15) is 0 Å². The average Bonchev–Trinajstić information content (AvgIpc) is 2.82. The van der Waals surface area contributed by atoms with E-state index in [0.29, 0.717) is 5.92 Å². The Morgan fingerprint density at radius 2 is 2.22 bits per heavy atom. The lowest BCUT2D eigenvalue weighted by atomic mass is 9.97. The minimum Gasteiger partial charge on any atom is -0.396 e. The van der Waals surface area contributed by atoms with Gasteiger partial charge in [0.05, 0.1) is 0 Å². The van der Waals surface area contributed by atoms with E-state index in [1.54, 1.807) is 0 Å². The van der Waals surface area contributed by atoms with E-state index in [4.69, 9.17) is 0 Å². The van der Waals surface area contributed by atoms with Crippen LogP contribution in [0.3, 0.4) is 0 Å². The van der Waals surface area contributed by atoms with Crippen molar-refractivity contribution in [2.24, 2.45) is 5.92 Å². The molecule has 0 fully saturated rings. The molecule has 0 saturated carbocycles. The van der Waals surface area contributed by atoms with E-state index in [1.165, 1.54) is 16.8 Å². The lowest BCUT2D eigenvalue weighted by molar-refractivity contribution is 0.201. The Morgan fingerprint density at radius 3 is 3.00 bits per heavy atom. The SMILES string of the molecule is Cc1ccccc1-c1ncc2n1CCC(CO)C2. The average molecular weight is 242 g/mol. The van der Waals surface area contributed by atoms with Crippen LogP contribution in [0.2, 0.25) is 0 Å². The van der Waals surface area contributed by atoms with Crippen LogP contribution in [-0.4, -0.2) is 21.3 Å². The maximum atomic E-state index is 9.25. The fourth-order valence-electron chi connectivity index (χ4n) is 2.73. The van der Waals surface area contributed by atoms with Crippen LogP contribution in [0.1, 0.15) is 17.7 Å². The van der Waals surface area contributed by atoms with Crippen LogP contribution in [0.25, 0.3) is 11.4 Å². The number of hydrogen-bond acceptors (Lipinski definition) is 2. The van der Waals surface area contributed by atoms with Gasteiger partial charge in [-0.15, -0.1) is 0 Å². The molecule has 2 heterocycles. The minimum absolute atomic E-state index is 0.283. The lowest BCUT2D eigenvalue weighted by Gasteiger charge is -2.23. The van der Waals surface area contributed by atoms with Crippen LogP contribution < -0.4 is 0 Å². The Labute approximate surface area is 107 Å². The summed E-state index contributed by atoms with van der Waals surface area (Å²) >= 11 is 0. The predicted octanol–water partition coefficient (Wildman–Crippen LogP) is 2.41. The number of aryl methyl sites for hydroxylation is 1. The summed E-state index contributed by atoms with van der Waals surface area (Å²) in [5.74, 6) is 1.47. The number of aliphatic hydroxyl groups excluding tert-OH is 1. The highest BCUT2D eigenvalue weighted by Crippen LogP contribution is 2.28. The molecule has 0 bridgehead atoms. The van der Waals surface area contributed by atoms with Crippen LogP contribution in [0.5, 0.6) is 0 Å². The first-order valence-electron chi connectivity index (χ1n) is 6.51. The first-order valence-corrected chi connectivity index (χ1v) is 6.51. The highest BCUT2D eigenvalue weighted by atomic mass is 16.3. The predicted molar refractivity (Wildman–Crippen MR) is 71.3 cm³/mol. The van der Waals surface area contributed by atoms with Crippen molar-refractivity contribution >= 4 is 0 Å². The van der Waals surface area contributed by atoms with Crippen molar-refractivity contribution in [2.75, 3.05) is 6.61 Å². The van der Waals surface area contributed by atoms with Crippen LogP contribution >= 0.6 is 0 Å². The number of imidazole rings is 1. The zero-order chi connectivity index (χ0) is 12.5. The molecule has 1 N–H and O–H groups in total. The van der Waals surface area contributed by atoms with Gasteiger partial charge in [-0.1, -0.05) is 24.3 Å². The highest BCUT2D eigenvalue weighted by molar-refractivity contribution is 5.60. The van der Waals surface area contributed by atoms with Crippen molar-refractivity contribution in [2.45, 2.75) is 26.3 Å². The maximum absolute atomic E-state index is 9.25. The number of rotatable bonds is 2. The van der Waals surface area contributed by atoms with Crippen molar-refractivity contribution in [3.05, 3.63) is 41.7 Å². The molecule has 1 atom stereocenters. The second kappa shape index (κ2) is 4.58. The van der Waals surface area contributed by atoms with Gasteiger partial charge in [-0.25, -0.2) is 4.98 Å². The van der Waals surface area contributed by atoms with E-state index in [-0.39, 0.29) is 6.61 Å². The summed E-state index contributed by atoms with van der Waals surface area (Å²) in [5, 5.41) is 9.25. The fraction of sp³-hybridized carbons (Fsp3) is 0.400. The lowest BCUT2D eigenvalue weighted by Crippen LogP contribution is -2.21. The van der Waals surface area contributed by atoms with Crippen LogP contribution in [0.4, 0.5) is 0 Å². The monoisotopic (exact) mass is 242 g/mol. The second-order valence-corrected chi connectivity index (χ2v) is 5.08. The first kappa shape index (κ1) is 11.5. The number of nitrogens with zero attached hydrogens (tertiary/aromatic N) is 2. The fourth-order valence-corrected chi connectivity index (χ4v) is 2.73. The summed E-state index contributed by atoms with van der Waals surface area (Å²) in [6.07, 6.45) is 3.94. The normalized spacial score (nSPS) is 18.7. The summed E-state index contributed by atoms with van der Waals surface area (Å²) in [7, 11) is 0. The summed E-state index contributed by atoms with van der Waals surface area (Å²) in [5.41, 5.74) is 3.72. The van der Waals surface area contributed by atoms with E-state index in [9.17, 15) is 5.11 Å². The van der Waals surface area contributed by atoms with Gasteiger partial charge in [0.15, 0.2) is 0 Å². The Bertz CT molecular complexity index is 559. The van der Waals surface area contributed by atoms with Gasteiger partial charge in [0, 0.05) is 30.6 Å². The Hall–Kier alpha value is -1.61. The molecule has 1 aliphatic rings. The van der Waals surface area contributed by atoms with Gasteiger partial charge in [-0.3, -0.25) is 0 Å². The molecule has 3 rings (SSSR count). The van der Waals surface area contributed by atoms with Crippen molar-refractivity contribution in [3.8, 4) is 11.4 Å². The largest absolute Gasteiger partial charge is 0.396 e. The molecule has 1 aliphatic heterocycles. The molecule has 1 aromatic heterocycles. The highest BCUT2D eigenvalue weighted by Gasteiger charge is 2.21. The molecular weight excluding hydrogens is 224 g/mol. The van der Waals surface area contributed by atoms with Crippen LogP contribution in [0, 0.1) is 12.8 Å². The molecule has 2 aromatic rings. The van der Waals surface area contributed by atoms with Gasteiger partial charge in [0.2, 0.25) is 0 Å². The number of aromatic nitrogens is 2. The number of benzene rings is 1. The molecule has 0 spiro atoms. The Kier molecular flexibility index (Phi) is 2.92. The molecule has 3 nitrogen and oxygen atoms in total. The topological polar surface area (TPSA) is 38.0 Å². The molecule has 3 heteroatoms. The van der Waals surface area contributed by atoms with E-state index >= 15 is 0 Å². The van der Waals surface area contributed by atoms with Gasteiger partial charge < -0.3 is 9.67 Å². The van der Waals surface area contributed by atoms with Crippen molar-refractivity contribution in [3.63, 3.8) is 0 Å². The maximum Gasteiger partial charge on any atom is 0.140 e. The van der Waals surface area contributed by atoms with Gasteiger partial charge >= 0.3 is 0 Å². The summed E-state index contributed by atoms with van der Waals surface area (Å²) in [4.78, 5) is 4.58. The van der Waals surface area contributed by atoms with Crippen LogP contribution in [0.15, 0.2) is 30.5 Å². The Balaban J connectivity index is 2.01. The zero-order valence-corrected chi connectivity index (χ0v) is 10.6. The van der Waals surface area contributed by atoms with Crippen molar-refractivity contribution in [1.82, 2.24) is 9.55 Å². The minimum atomic E-state index is 0.283. The van der Waals surface area contributed by atoms with E-state index < -0.39 is 0 Å². The first-order chi connectivity index (χ1) is 8.79. The standard InChI is InChI=1S/C15H18N2O/c1-11-4-2-3-5-14(11)15-16-9-13-8-12(10-18)6-7-17(13)15/h2-5,9,12,18H,6-8,10H2,1H3. The molecular formula is C15H18N2O. The molecule has 0 radical (unpaired) electrons. The quantitative estimate of drug-likeness (QED) is 0.878. The molecule has 1 unspecified atom stereocenters. The smallest absolute Gasteiger partial charge is 0.140 e. The van der Waals surface area contributed by atoms with Gasteiger partial charge in [0.25, 0.3) is 0 Å². The van der Waals surface area contributed by atoms with E-state index in [2.05, 4.69) is 40.7 Å². The number of fused-ring (bicyclic) bond motifs is 1. The third-order valence-corrected chi connectivity index (χ3v) is 3.84. The third-order valence-electron chi connectivity index (χ3n) is 3.84. The summed E-state index contributed by atoms with van der Waals surface area (Å²) < 4.78 is 2.30. The van der Waals surface area contributed by atoms with Crippen molar-refractivity contribution < 1.29 is 5.11 Å². The molecule has 1 aromatic carbocycles. The zero-order valence-electron chi connectivity index (χ0n) is 10.6. The molecule has 0 aliphatic carbocycles. The van der Waals surface area contributed by atoms with Crippen LogP contribution in [-0.2, 0) is 13.0 Å². The van der Waals surface area contributed by atoms with E-state index in [1.807, 2.05) is 6.20 Å². The van der Waals surface area contributed by atoms with Gasteiger partial charge in [0.1, 0.15) is 5.82 Å². The summed E-state index contributed by atoms with van der Waals surface area (Å²) in [6.45, 7) is 3.37. The van der Waals surface area contributed by atoms with Crippen molar-refractivity contribution in [1.29, 1.82) is 0 Å². The molecule has 0 amide bonds. The van der Waals surface area contributed by atoms with Gasteiger partial charge in [-0.05, 0) is 31.2 Å². The molecule has 18 heavy (non-hydrogen) atoms. The third kappa shape index (κ3) is 1.85. The number of hydrogen-bond donors (Lipinski definition) is 1. The van der Waals surface area contributed by atoms with E-state index in [0.717, 1.165) is 25.2 Å². The summed E-state index contributed by atoms with van der Waals surface area (Å²) in [6, 6.07) is 8.36. The second-order valence-electron chi connectivity index (χ2n) is 5.08.